The molecule has 6 heteroatoms. The van der Waals surface area contributed by atoms with Crippen LogP contribution in [0.4, 0.5) is 5.69 Å². The predicted molar refractivity (Wildman–Crippen MR) is 82.7 cm³/mol. The SMILES string of the molecule is COc1ncccc1-c1nccnc1Oc1ccc(N)cc1. The first kappa shape index (κ1) is 13.8. The smallest absolute Gasteiger partial charge is 0.246 e. The average Bonchev–Trinajstić information content (AvgIpc) is 2.57. The van der Waals surface area contributed by atoms with Crippen molar-refractivity contribution in [2.75, 3.05) is 12.8 Å². The van der Waals surface area contributed by atoms with Crippen LogP contribution in [0.5, 0.6) is 17.5 Å². The molecule has 0 fully saturated rings. The minimum Gasteiger partial charge on any atom is -0.481 e. The highest BCUT2D eigenvalue weighted by Gasteiger charge is 2.15. The van der Waals surface area contributed by atoms with Gasteiger partial charge in [0.2, 0.25) is 11.8 Å². The number of nitrogens with zero attached hydrogens (tertiary/aromatic N) is 3. The molecule has 0 aliphatic carbocycles. The molecule has 0 aliphatic rings. The van der Waals surface area contributed by atoms with Crippen LogP contribution in [0, 0.1) is 0 Å². The van der Waals surface area contributed by atoms with E-state index >= 15 is 0 Å². The van der Waals surface area contributed by atoms with Gasteiger partial charge in [0.1, 0.15) is 11.4 Å². The van der Waals surface area contributed by atoms with Crippen LogP contribution in [0.25, 0.3) is 11.3 Å². The van der Waals surface area contributed by atoms with Crippen molar-refractivity contribution in [3.8, 4) is 28.8 Å². The highest BCUT2D eigenvalue weighted by atomic mass is 16.5. The van der Waals surface area contributed by atoms with Crippen molar-refractivity contribution in [1.29, 1.82) is 0 Å². The fourth-order valence-corrected chi connectivity index (χ4v) is 1.97. The minimum atomic E-state index is 0.374. The van der Waals surface area contributed by atoms with Crippen LogP contribution in [-0.2, 0) is 0 Å². The van der Waals surface area contributed by atoms with E-state index in [1.54, 1.807) is 56.0 Å². The third-order valence-electron chi connectivity index (χ3n) is 2.98. The number of aromatic nitrogens is 3. The summed E-state index contributed by atoms with van der Waals surface area (Å²) in [6.45, 7) is 0. The van der Waals surface area contributed by atoms with Gasteiger partial charge < -0.3 is 15.2 Å². The normalized spacial score (nSPS) is 10.2. The monoisotopic (exact) mass is 294 g/mol. The molecule has 2 heterocycles. The summed E-state index contributed by atoms with van der Waals surface area (Å²) >= 11 is 0. The molecule has 3 aromatic rings. The number of anilines is 1. The fraction of sp³-hybridized carbons (Fsp3) is 0.0625. The average molecular weight is 294 g/mol. The zero-order valence-corrected chi connectivity index (χ0v) is 11.9. The molecule has 0 spiro atoms. The van der Waals surface area contributed by atoms with Crippen LogP contribution in [0.2, 0.25) is 0 Å². The Morgan fingerprint density at radius 1 is 0.864 bits per heavy atom. The third kappa shape index (κ3) is 2.80. The number of benzene rings is 1. The molecule has 3 rings (SSSR count). The Hall–Kier alpha value is -3.15. The Balaban J connectivity index is 2.01. The molecule has 0 saturated heterocycles. The second-order valence-corrected chi connectivity index (χ2v) is 4.44. The second kappa shape index (κ2) is 6.09. The van der Waals surface area contributed by atoms with Crippen molar-refractivity contribution in [3.63, 3.8) is 0 Å². The number of hydrogen-bond donors (Lipinski definition) is 1. The molecule has 0 amide bonds. The number of hydrogen-bond acceptors (Lipinski definition) is 6. The summed E-state index contributed by atoms with van der Waals surface area (Å²) in [5, 5.41) is 0. The lowest BCUT2D eigenvalue weighted by molar-refractivity contribution is 0.398. The predicted octanol–water partition coefficient (Wildman–Crippen LogP) is 2.92. The Labute approximate surface area is 127 Å². The zero-order chi connectivity index (χ0) is 15.4. The lowest BCUT2D eigenvalue weighted by Crippen LogP contribution is -1.97. The Morgan fingerprint density at radius 3 is 2.36 bits per heavy atom. The first-order valence-corrected chi connectivity index (χ1v) is 6.61. The number of nitrogen functional groups attached to an aromatic ring is 1. The zero-order valence-electron chi connectivity index (χ0n) is 11.9. The van der Waals surface area contributed by atoms with Gasteiger partial charge in [-0.2, -0.15) is 0 Å². The molecule has 0 saturated carbocycles. The van der Waals surface area contributed by atoms with Gasteiger partial charge in [-0.1, -0.05) is 0 Å². The number of nitrogens with two attached hydrogens (primary N) is 1. The molecule has 22 heavy (non-hydrogen) atoms. The number of rotatable bonds is 4. The Bertz CT molecular complexity index is 775. The van der Waals surface area contributed by atoms with E-state index in [0.717, 1.165) is 0 Å². The van der Waals surface area contributed by atoms with Gasteiger partial charge in [0.25, 0.3) is 0 Å². The minimum absolute atomic E-state index is 0.374. The van der Waals surface area contributed by atoms with E-state index in [-0.39, 0.29) is 0 Å². The Kier molecular flexibility index (Phi) is 3.82. The summed E-state index contributed by atoms with van der Waals surface area (Å²) in [7, 11) is 1.56. The quantitative estimate of drug-likeness (QED) is 0.745. The van der Waals surface area contributed by atoms with Gasteiger partial charge in [-0.15, -0.1) is 0 Å². The maximum absolute atomic E-state index is 5.81. The topological polar surface area (TPSA) is 83.2 Å². The number of pyridine rings is 1. The standard InChI is InChI=1S/C16H14N4O2/c1-21-15-13(3-2-8-19-15)14-16(20-10-9-18-14)22-12-6-4-11(17)5-7-12/h2-10H,17H2,1H3. The molecule has 0 bridgehead atoms. The lowest BCUT2D eigenvalue weighted by atomic mass is 10.2. The molecule has 0 atom stereocenters. The fourth-order valence-electron chi connectivity index (χ4n) is 1.97. The van der Waals surface area contributed by atoms with Gasteiger partial charge in [-0.05, 0) is 36.4 Å². The van der Waals surface area contributed by atoms with Gasteiger partial charge in [0.05, 0.1) is 12.7 Å². The summed E-state index contributed by atoms with van der Waals surface area (Å²) < 4.78 is 11.1. The van der Waals surface area contributed by atoms with Crippen LogP contribution < -0.4 is 15.2 Å². The molecular formula is C16H14N4O2. The molecule has 6 nitrogen and oxygen atoms in total. The summed E-state index contributed by atoms with van der Waals surface area (Å²) in [6, 6.07) is 10.7. The summed E-state index contributed by atoms with van der Waals surface area (Å²) in [6.07, 6.45) is 4.82. The number of ether oxygens (including phenoxy) is 2. The van der Waals surface area contributed by atoms with Gasteiger partial charge in [0, 0.05) is 24.3 Å². The van der Waals surface area contributed by atoms with Gasteiger partial charge in [-0.25, -0.2) is 15.0 Å². The van der Waals surface area contributed by atoms with E-state index in [1.165, 1.54) is 0 Å². The highest BCUT2D eigenvalue weighted by molar-refractivity contribution is 5.69. The van der Waals surface area contributed by atoms with Crippen LogP contribution >= 0.6 is 0 Å². The molecule has 0 aliphatic heterocycles. The van der Waals surface area contributed by atoms with Gasteiger partial charge in [0.15, 0.2) is 0 Å². The van der Waals surface area contributed by atoms with E-state index in [2.05, 4.69) is 15.0 Å². The van der Waals surface area contributed by atoms with E-state index in [4.69, 9.17) is 15.2 Å². The first-order chi connectivity index (χ1) is 10.8. The van der Waals surface area contributed by atoms with E-state index < -0.39 is 0 Å². The van der Waals surface area contributed by atoms with Crippen molar-refractivity contribution in [2.24, 2.45) is 0 Å². The Morgan fingerprint density at radius 2 is 1.59 bits per heavy atom. The van der Waals surface area contributed by atoms with Crippen LogP contribution in [0.15, 0.2) is 55.0 Å². The van der Waals surface area contributed by atoms with Gasteiger partial charge in [-0.3, -0.25) is 0 Å². The molecule has 1 aromatic carbocycles. The van der Waals surface area contributed by atoms with Crippen molar-refractivity contribution in [2.45, 2.75) is 0 Å². The molecule has 0 radical (unpaired) electrons. The molecule has 0 unspecified atom stereocenters. The summed E-state index contributed by atoms with van der Waals surface area (Å²) in [5.41, 5.74) is 7.61. The molecule has 2 aromatic heterocycles. The van der Waals surface area contributed by atoms with E-state index in [9.17, 15) is 0 Å². The van der Waals surface area contributed by atoms with E-state index in [1.807, 2.05) is 6.07 Å². The largest absolute Gasteiger partial charge is 0.481 e. The molecule has 2 N–H and O–H groups in total. The van der Waals surface area contributed by atoms with Crippen molar-refractivity contribution >= 4 is 5.69 Å². The molecule has 110 valence electrons. The second-order valence-electron chi connectivity index (χ2n) is 4.44. The van der Waals surface area contributed by atoms with E-state index in [0.29, 0.717) is 34.5 Å². The van der Waals surface area contributed by atoms with Crippen LogP contribution in [-0.4, -0.2) is 22.1 Å². The van der Waals surface area contributed by atoms with Crippen molar-refractivity contribution < 1.29 is 9.47 Å². The van der Waals surface area contributed by atoms with Gasteiger partial charge >= 0.3 is 0 Å². The maximum Gasteiger partial charge on any atom is 0.246 e. The first-order valence-electron chi connectivity index (χ1n) is 6.61. The number of methoxy groups -OCH3 is 1. The van der Waals surface area contributed by atoms with Crippen molar-refractivity contribution in [3.05, 3.63) is 55.0 Å². The highest BCUT2D eigenvalue weighted by Crippen LogP contribution is 2.33. The van der Waals surface area contributed by atoms with Crippen LogP contribution in [0.1, 0.15) is 0 Å². The van der Waals surface area contributed by atoms with Crippen LogP contribution in [0.3, 0.4) is 0 Å². The lowest BCUT2D eigenvalue weighted by Gasteiger charge is -2.11. The van der Waals surface area contributed by atoms with Crippen molar-refractivity contribution in [1.82, 2.24) is 15.0 Å². The molecular weight excluding hydrogens is 280 g/mol. The maximum atomic E-state index is 5.81. The summed E-state index contributed by atoms with van der Waals surface area (Å²) in [5.74, 6) is 1.46. The summed E-state index contributed by atoms with van der Waals surface area (Å²) in [4.78, 5) is 12.8. The third-order valence-corrected chi connectivity index (χ3v) is 2.98.